The second kappa shape index (κ2) is 9.34. The van der Waals surface area contributed by atoms with Gasteiger partial charge in [0.1, 0.15) is 11.8 Å². The van der Waals surface area contributed by atoms with E-state index in [0.29, 0.717) is 44.9 Å². The molecular weight excluding hydrogens is 524 g/mol. The largest absolute Gasteiger partial charge is 0.461 e. The van der Waals surface area contributed by atoms with E-state index < -0.39 is 9.84 Å². The number of nitrogens with zero attached hydrogens (tertiary/aromatic N) is 6. The Morgan fingerprint density at radius 1 is 1.17 bits per heavy atom. The highest BCUT2D eigenvalue weighted by Crippen LogP contribution is 2.34. The monoisotopic (exact) mass is 546 g/mol. The van der Waals surface area contributed by atoms with Gasteiger partial charge in [-0.05, 0) is 42.0 Å². The molecule has 0 saturated carbocycles. The van der Waals surface area contributed by atoms with Crippen LogP contribution < -0.4 is 9.64 Å². The van der Waals surface area contributed by atoms with E-state index >= 15 is 0 Å². The summed E-state index contributed by atoms with van der Waals surface area (Å²) in [4.78, 5) is 11.7. The van der Waals surface area contributed by atoms with E-state index in [1.54, 1.807) is 12.1 Å². The number of ether oxygens (including phenoxy) is 1. The Kier molecular flexibility index (Phi) is 6.35. The first kappa shape index (κ1) is 24.5. The molecule has 0 spiro atoms. The molecule has 0 amide bonds. The summed E-state index contributed by atoms with van der Waals surface area (Å²) >= 11 is 7.81. The van der Waals surface area contributed by atoms with Crippen LogP contribution in [0.5, 0.6) is 5.19 Å². The number of benzene rings is 1. The van der Waals surface area contributed by atoms with Crippen molar-refractivity contribution in [2.24, 2.45) is 0 Å². The first-order valence-electron chi connectivity index (χ1n) is 11.1. The molecule has 36 heavy (non-hydrogen) atoms. The molecule has 0 bridgehead atoms. The molecule has 0 N–H and O–H groups in total. The molecule has 1 aliphatic heterocycles. The lowest BCUT2D eigenvalue weighted by Crippen LogP contribution is -2.23. The van der Waals surface area contributed by atoms with Crippen molar-refractivity contribution in [3.8, 4) is 16.5 Å². The van der Waals surface area contributed by atoms with Crippen molar-refractivity contribution in [3.63, 3.8) is 0 Å². The standard InChI is InChI=1S/C23H23ClN6O4S2/c1-13(2)20-26-21(34-28-20)29-11-9-15(10-12-29)14(3)33-23-27-30-19(24)18(25-22(30)35-23)16-5-7-17(8-6-16)36(4,31)32/h5-11,13-14H,12H2,1-4H3. The van der Waals surface area contributed by atoms with Crippen molar-refractivity contribution in [1.29, 1.82) is 0 Å². The van der Waals surface area contributed by atoms with E-state index in [4.69, 9.17) is 20.9 Å². The van der Waals surface area contributed by atoms with Gasteiger partial charge in [0.2, 0.25) is 4.96 Å². The summed E-state index contributed by atoms with van der Waals surface area (Å²) in [6.07, 6.45) is 6.78. The quantitative estimate of drug-likeness (QED) is 0.324. The molecule has 0 saturated heterocycles. The fraction of sp³-hybridized carbons (Fsp3) is 0.304. The van der Waals surface area contributed by atoms with Gasteiger partial charge >= 0.3 is 6.01 Å². The van der Waals surface area contributed by atoms with Gasteiger partial charge in [0.05, 0.1) is 4.90 Å². The summed E-state index contributed by atoms with van der Waals surface area (Å²) in [6, 6.07) is 6.88. The number of imidazole rings is 1. The lowest BCUT2D eigenvalue weighted by molar-refractivity contribution is 0.256. The topological polar surface area (TPSA) is 116 Å². The van der Waals surface area contributed by atoms with Crippen LogP contribution in [0.15, 0.2) is 57.6 Å². The van der Waals surface area contributed by atoms with Crippen LogP contribution >= 0.6 is 22.9 Å². The Balaban J connectivity index is 1.27. The van der Waals surface area contributed by atoms with Crippen molar-refractivity contribution in [2.75, 3.05) is 17.7 Å². The zero-order valence-corrected chi connectivity index (χ0v) is 22.3. The van der Waals surface area contributed by atoms with Crippen LogP contribution in [-0.2, 0) is 9.84 Å². The van der Waals surface area contributed by atoms with Crippen molar-refractivity contribution in [3.05, 3.63) is 59.2 Å². The number of halogens is 1. The van der Waals surface area contributed by atoms with Gasteiger partial charge < -0.3 is 9.26 Å². The van der Waals surface area contributed by atoms with Crippen LogP contribution in [-0.4, -0.2) is 52.1 Å². The molecule has 0 radical (unpaired) electrons. The Labute approximate surface area is 216 Å². The third kappa shape index (κ3) is 4.75. The summed E-state index contributed by atoms with van der Waals surface area (Å²) in [6.45, 7) is 6.54. The number of hydrogen-bond acceptors (Lipinski definition) is 10. The van der Waals surface area contributed by atoms with Crippen LogP contribution in [0.4, 0.5) is 6.01 Å². The van der Waals surface area contributed by atoms with Crippen molar-refractivity contribution in [2.45, 2.75) is 37.7 Å². The number of hydrogen-bond donors (Lipinski definition) is 0. The Morgan fingerprint density at radius 2 is 1.92 bits per heavy atom. The molecule has 4 heterocycles. The number of sulfone groups is 1. The van der Waals surface area contributed by atoms with Gasteiger partial charge in [-0.1, -0.05) is 48.8 Å². The highest BCUT2D eigenvalue weighted by molar-refractivity contribution is 7.90. The Hall–Kier alpha value is -3.22. The summed E-state index contributed by atoms with van der Waals surface area (Å²) in [5.74, 6) is 0.867. The molecule has 5 rings (SSSR count). The second-order valence-electron chi connectivity index (χ2n) is 8.63. The maximum absolute atomic E-state index is 11.7. The van der Waals surface area contributed by atoms with Gasteiger partial charge in [0.25, 0.3) is 5.19 Å². The van der Waals surface area contributed by atoms with Gasteiger partial charge in [-0.25, -0.2) is 13.4 Å². The lowest BCUT2D eigenvalue weighted by atomic mass is 10.1. The van der Waals surface area contributed by atoms with E-state index in [1.807, 2.05) is 44.0 Å². The summed E-state index contributed by atoms with van der Waals surface area (Å²) < 4.78 is 36.3. The molecule has 4 aromatic rings. The van der Waals surface area contributed by atoms with Crippen molar-refractivity contribution >= 4 is 43.8 Å². The first-order chi connectivity index (χ1) is 17.1. The SMILES string of the molecule is CC(Oc1nn2c(Cl)c(-c3ccc(S(C)(=O)=O)cc3)nc2s1)C1=CCN(c2nc(C(C)C)no2)C=C1. The first-order valence-corrected chi connectivity index (χ1v) is 14.2. The normalized spacial score (nSPS) is 15.1. The molecular formula is C23H23ClN6O4S2. The Morgan fingerprint density at radius 3 is 2.50 bits per heavy atom. The molecule has 10 nitrogen and oxygen atoms in total. The van der Waals surface area contributed by atoms with E-state index in [0.717, 1.165) is 5.57 Å². The Bertz CT molecular complexity index is 1580. The van der Waals surface area contributed by atoms with Crippen LogP contribution in [0.1, 0.15) is 32.5 Å². The number of fused-ring (bicyclic) bond motifs is 1. The maximum Gasteiger partial charge on any atom is 0.328 e. The fourth-order valence-electron chi connectivity index (χ4n) is 3.55. The third-order valence-corrected chi connectivity index (χ3v) is 7.86. The maximum atomic E-state index is 11.7. The van der Waals surface area contributed by atoms with Crippen molar-refractivity contribution in [1.82, 2.24) is 24.7 Å². The molecule has 1 unspecified atom stereocenters. The zero-order chi connectivity index (χ0) is 25.6. The molecule has 3 aromatic heterocycles. The van der Waals surface area contributed by atoms with Crippen LogP contribution in [0.25, 0.3) is 16.2 Å². The van der Waals surface area contributed by atoms with Crippen molar-refractivity contribution < 1.29 is 17.7 Å². The molecule has 13 heteroatoms. The summed E-state index contributed by atoms with van der Waals surface area (Å²) in [7, 11) is -3.28. The van der Waals surface area contributed by atoms with Gasteiger partial charge in [-0.2, -0.15) is 9.50 Å². The highest BCUT2D eigenvalue weighted by atomic mass is 35.5. The molecule has 1 atom stereocenters. The van der Waals surface area contributed by atoms with Gasteiger partial charge in [-0.3, -0.25) is 4.90 Å². The van der Waals surface area contributed by atoms with E-state index in [1.165, 1.54) is 34.2 Å². The fourth-order valence-corrected chi connectivity index (χ4v) is 5.32. The van der Waals surface area contributed by atoms with Crippen LogP contribution in [0.2, 0.25) is 5.15 Å². The summed E-state index contributed by atoms with van der Waals surface area (Å²) in [5.41, 5.74) is 2.21. The van der Waals surface area contributed by atoms with Gasteiger partial charge in [-0.15, -0.1) is 5.10 Å². The van der Waals surface area contributed by atoms with E-state index in [-0.39, 0.29) is 16.9 Å². The van der Waals surface area contributed by atoms with Crippen LogP contribution in [0, 0.1) is 0 Å². The number of anilines is 1. The highest BCUT2D eigenvalue weighted by Gasteiger charge is 2.21. The molecule has 188 valence electrons. The minimum absolute atomic E-state index is 0.195. The molecule has 1 aromatic carbocycles. The average molecular weight is 547 g/mol. The summed E-state index contributed by atoms with van der Waals surface area (Å²) in [5, 5.41) is 9.22. The smallest absolute Gasteiger partial charge is 0.328 e. The lowest BCUT2D eigenvalue weighted by Gasteiger charge is -2.21. The minimum atomic E-state index is -3.28. The molecule has 1 aliphatic rings. The predicted octanol–water partition coefficient (Wildman–Crippen LogP) is 4.75. The van der Waals surface area contributed by atoms with E-state index in [2.05, 4.69) is 20.2 Å². The van der Waals surface area contributed by atoms with Gasteiger partial charge in [0.15, 0.2) is 20.8 Å². The van der Waals surface area contributed by atoms with Crippen LogP contribution in [0.3, 0.4) is 0 Å². The molecule has 0 fully saturated rings. The molecule has 0 aliphatic carbocycles. The average Bonchev–Trinajstić information content (AvgIpc) is 3.55. The minimum Gasteiger partial charge on any atom is -0.461 e. The zero-order valence-electron chi connectivity index (χ0n) is 19.9. The third-order valence-electron chi connectivity index (χ3n) is 5.60. The van der Waals surface area contributed by atoms with Gasteiger partial charge in [0, 0.05) is 30.5 Å². The second-order valence-corrected chi connectivity index (χ2v) is 11.9. The van der Waals surface area contributed by atoms with E-state index in [9.17, 15) is 8.42 Å². The predicted molar refractivity (Wildman–Crippen MR) is 137 cm³/mol. The number of rotatable bonds is 7. The number of aromatic nitrogens is 5.